The van der Waals surface area contributed by atoms with Gasteiger partial charge in [-0.3, -0.25) is 0 Å². The van der Waals surface area contributed by atoms with Crippen molar-refractivity contribution >= 4 is 30.7 Å². The maximum atomic E-state index is 2.55. The minimum absolute atomic E-state index is 0. The maximum Gasteiger partial charge on any atom is -0.147 e. The zero-order valence-electron chi connectivity index (χ0n) is 15.7. The van der Waals surface area contributed by atoms with Gasteiger partial charge in [0.1, 0.15) is 0 Å². The van der Waals surface area contributed by atoms with Crippen LogP contribution in [-0.4, -0.2) is 6.16 Å². The van der Waals surface area contributed by atoms with Crippen LogP contribution in [0.5, 0.6) is 0 Å². The molecule has 28 heavy (non-hydrogen) atoms. The topological polar surface area (TPSA) is 0 Å². The predicted octanol–water partition coefficient (Wildman–Crippen LogP) is 6.11. The van der Waals surface area contributed by atoms with Crippen LogP contribution in [0.4, 0.5) is 0 Å². The summed E-state index contributed by atoms with van der Waals surface area (Å²) in [7, 11) is 0. The van der Waals surface area contributed by atoms with Crippen LogP contribution in [0.2, 0.25) is 0 Å². The Morgan fingerprint density at radius 3 is 1.71 bits per heavy atom. The van der Waals surface area contributed by atoms with Crippen LogP contribution in [-0.2, 0) is 26.4 Å². The van der Waals surface area contributed by atoms with Crippen molar-refractivity contribution in [3.05, 3.63) is 119 Å². The number of fused-ring (bicyclic) bond motifs is 2. The van der Waals surface area contributed by atoms with Crippen LogP contribution in [0, 0.1) is 0 Å². The second-order valence-corrected chi connectivity index (χ2v) is 20.6. The Morgan fingerprint density at radius 2 is 1.14 bits per heavy atom. The van der Waals surface area contributed by atoms with Crippen molar-refractivity contribution in [2.45, 2.75) is 13.3 Å². The van der Waals surface area contributed by atoms with Crippen molar-refractivity contribution in [3.8, 4) is 0 Å². The maximum absolute atomic E-state index is 2.55. The molecule has 0 radical (unpaired) electrons. The zero-order valence-corrected chi connectivity index (χ0v) is 20.1. The summed E-state index contributed by atoms with van der Waals surface area (Å²) in [4.78, 5) is 0. The summed E-state index contributed by atoms with van der Waals surface area (Å²) < 4.78 is 1.45. The first-order valence-corrected chi connectivity index (χ1v) is 18.2. The van der Waals surface area contributed by atoms with Crippen molar-refractivity contribution in [1.82, 2.24) is 0 Å². The molecule has 3 aromatic carbocycles. The van der Waals surface area contributed by atoms with Gasteiger partial charge in [0.25, 0.3) is 0 Å². The SMILES string of the molecule is C1=C[CH]([Zr](=[SiH]Cc2ccccc2)[CH]2C=Cc3ccccc32)c2ccccc21.Cl. The summed E-state index contributed by atoms with van der Waals surface area (Å²) in [5, 5.41) is 0. The molecule has 0 fully saturated rings. The summed E-state index contributed by atoms with van der Waals surface area (Å²) in [6.45, 7) is 0. The van der Waals surface area contributed by atoms with E-state index >= 15 is 0 Å². The van der Waals surface area contributed by atoms with Gasteiger partial charge in [0, 0.05) is 0 Å². The van der Waals surface area contributed by atoms with Gasteiger partial charge >= 0.3 is 171 Å². The molecule has 0 bridgehead atoms. The molecule has 0 saturated heterocycles. The second-order valence-electron chi connectivity index (χ2n) is 7.33. The Balaban J connectivity index is 0.00000192. The minimum atomic E-state index is -1.79. The molecule has 2 unspecified atom stereocenters. The first-order chi connectivity index (χ1) is 13.4. The minimum Gasteiger partial charge on any atom is -0.147 e. The molecule has 2 aliphatic carbocycles. The molecule has 0 heterocycles. The molecule has 2 aliphatic rings. The quantitative estimate of drug-likeness (QED) is 0.397. The molecule has 0 saturated carbocycles. The average molecular weight is 478 g/mol. The van der Waals surface area contributed by atoms with Crippen LogP contribution in [0.1, 0.15) is 35.1 Å². The van der Waals surface area contributed by atoms with Gasteiger partial charge in [0.2, 0.25) is 0 Å². The van der Waals surface area contributed by atoms with Gasteiger partial charge in [-0.15, -0.1) is 12.4 Å². The van der Waals surface area contributed by atoms with E-state index in [1.807, 2.05) is 0 Å². The van der Waals surface area contributed by atoms with Crippen LogP contribution in [0.15, 0.2) is 91.0 Å². The largest absolute Gasteiger partial charge is 0.147 e. The molecule has 3 aromatic rings. The summed E-state index contributed by atoms with van der Waals surface area (Å²) in [5.41, 5.74) is 7.64. The molecule has 0 amide bonds. The van der Waals surface area contributed by atoms with E-state index in [0.717, 1.165) is 7.25 Å². The van der Waals surface area contributed by atoms with E-state index in [4.69, 9.17) is 0 Å². The van der Waals surface area contributed by atoms with Gasteiger partial charge in [0.15, 0.2) is 0 Å². The molecule has 0 spiro atoms. The van der Waals surface area contributed by atoms with Crippen molar-refractivity contribution in [1.29, 1.82) is 0 Å². The van der Waals surface area contributed by atoms with Gasteiger partial charge in [-0.25, -0.2) is 0 Å². The number of allylic oxidation sites excluding steroid dienone is 2. The van der Waals surface area contributed by atoms with E-state index < -0.39 is 20.4 Å². The average Bonchev–Trinajstić information content (AvgIpc) is 3.34. The molecule has 2 atom stereocenters. The number of halogens is 1. The monoisotopic (exact) mass is 476 g/mol. The fourth-order valence-electron chi connectivity index (χ4n) is 4.38. The fraction of sp³-hybridized carbons (Fsp3) is 0.120. The third-order valence-electron chi connectivity index (χ3n) is 5.73. The Hall–Kier alpha value is -1.47. The van der Waals surface area contributed by atoms with Gasteiger partial charge in [-0.05, 0) is 0 Å². The zero-order chi connectivity index (χ0) is 18.1. The van der Waals surface area contributed by atoms with Gasteiger partial charge in [0.05, 0.1) is 0 Å². The van der Waals surface area contributed by atoms with Crippen molar-refractivity contribution < 1.29 is 20.4 Å². The van der Waals surface area contributed by atoms with Crippen molar-refractivity contribution in [3.63, 3.8) is 0 Å². The predicted molar refractivity (Wildman–Crippen MR) is 121 cm³/mol. The molecule has 0 aromatic heterocycles. The van der Waals surface area contributed by atoms with E-state index in [1.165, 1.54) is 22.7 Å². The number of hydrogen-bond donors (Lipinski definition) is 0. The van der Waals surface area contributed by atoms with Gasteiger partial charge in [-0.2, -0.15) is 0 Å². The molecule has 0 aliphatic heterocycles. The smallest absolute Gasteiger partial charge is 0.147 e. The van der Waals surface area contributed by atoms with E-state index in [2.05, 4.69) is 103 Å². The first-order valence-electron chi connectivity index (χ1n) is 9.68. The second kappa shape index (κ2) is 8.91. The Bertz CT molecular complexity index is 1010. The summed E-state index contributed by atoms with van der Waals surface area (Å²) in [5.74, 6) is 0. The summed E-state index contributed by atoms with van der Waals surface area (Å²) in [6.07, 6.45) is 10.3. The molecular formula is C25H23ClSiZr. The van der Waals surface area contributed by atoms with Crippen LogP contribution < -0.4 is 0 Å². The van der Waals surface area contributed by atoms with Crippen LogP contribution >= 0.6 is 12.4 Å². The third kappa shape index (κ3) is 3.83. The Kier molecular flexibility index (Phi) is 6.31. The molecule has 0 N–H and O–H groups in total. The number of benzene rings is 3. The fourth-order valence-corrected chi connectivity index (χ4v) is 21.9. The summed E-state index contributed by atoms with van der Waals surface area (Å²) in [6, 6.07) is 30.6. The molecule has 3 heteroatoms. The van der Waals surface area contributed by atoms with Crippen LogP contribution in [0.3, 0.4) is 0 Å². The van der Waals surface area contributed by atoms with Crippen molar-refractivity contribution in [2.24, 2.45) is 0 Å². The first kappa shape index (κ1) is 19.8. The number of hydrogen-bond acceptors (Lipinski definition) is 0. The van der Waals surface area contributed by atoms with E-state index in [9.17, 15) is 0 Å². The summed E-state index contributed by atoms with van der Waals surface area (Å²) >= 11 is -1.79. The number of rotatable bonds is 4. The van der Waals surface area contributed by atoms with Crippen LogP contribution in [0.25, 0.3) is 12.2 Å². The normalized spacial score (nSPS) is 18.3. The van der Waals surface area contributed by atoms with Gasteiger partial charge in [-0.1, -0.05) is 0 Å². The van der Waals surface area contributed by atoms with E-state index in [1.54, 1.807) is 11.1 Å². The standard InChI is InChI=1S/2C9H7.C7H8Si.ClH.Zr/c2*1-2-5-9-7-3-6-8(9)4-1;8-6-7-4-2-1-3-5-7;;/h2*1-7H;1-5,8H,6H2;1H;. The van der Waals surface area contributed by atoms with Gasteiger partial charge < -0.3 is 0 Å². The van der Waals surface area contributed by atoms with Crippen molar-refractivity contribution in [2.75, 3.05) is 0 Å². The van der Waals surface area contributed by atoms with E-state index in [0.29, 0.717) is 6.16 Å². The Labute approximate surface area is 182 Å². The van der Waals surface area contributed by atoms with E-state index in [-0.39, 0.29) is 12.4 Å². The molecular weight excluding hydrogens is 455 g/mol. The molecule has 0 nitrogen and oxygen atoms in total. The Morgan fingerprint density at radius 1 is 0.643 bits per heavy atom. The molecule has 5 rings (SSSR count). The third-order valence-corrected chi connectivity index (χ3v) is 22.1. The molecule has 138 valence electrons.